The number of hydrogen-bond donors (Lipinski definition) is 2. The first kappa shape index (κ1) is 13.5. The number of anilines is 1. The molecule has 0 saturated carbocycles. The van der Waals surface area contributed by atoms with Crippen LogP contribution >= 0.6 is 0 Å². The molecule has 2 heterocycles. The van der Waals surface area contributed by atoms with E-state index in [1.54, 1.807) is 19.0 Å². The number of H-pyrrole nitrogens is 1. The van der Waals surface area contributed by atoms with E-state index in [9.17, 15) is 14.7 Å². The molecule has 1 amide bonds. The van der Waals surface area contributed by atoms with Crippen LogP contribution in [0.4, 0.5) is 5.95 Å². The molecule has 0 spiro atoms. The molecule has 0 aliphatic carbocycles. The quantitative estimate of drug-likeness (QED) is 0.724. The van der Waals surface area contributed by atoms with Crippen LogP contribution < -0.4 is 10.5 Å². The fourth-order valence-corrected chi connectivity index (χ4v) is 2.09. The van der Waals surface area contributed by atoms with Crippen LogP contribution in [0.5, 0.6) is 0 Å². The summed E-state index contributed by atoms with van der Waals surface area (Å²) < 4.78 is 0. The zero-order chi connectivity index (χ0) is 14.2. The fraction of sp³-hybridized carbons (Fsp3) is 0.583. The molecule has 1 aromatic heterocycles. The van der Waals surface area contributed by atoms with Crippen molar-refractivity contribution in [2.45, 2.75) is 26.0 Å². The number of carbonyl (C=O) groups is 1. The molecule has 0 fully saturated rings. The third-order valence-electron chi connectivity index (χ3n) is 3.15. The topological polar surface area (TPSA) is 89.5 Å². The van der Waals surface area contributed by atoms with Crippen LogP contribution in [0, 0.1) is 0 Å². The second-order valence-electron chi connectivity index (χ2n) is 4.89. The Hall–Kier alpha value is -1.89. The number of fused-ring (bicyclic) bond motifs is 1. The minimum atomic E-state index is -1.03. The van der Waals surface area contributed by atoms with Crippen LogP contribution in [-0.4, -0.2) is 52.6 Å². The highest BCUT2D eigenvalue weighted by molar-refractivity contribution is 5.80. The number of rotatable bonds is 2. The van der Waals surface area contributed by atoms with Crippen LogP contribution in [-0.2, 0) is 17.8 Å². The van der Waals surface area contributed by atoms with Crippen LogP contribution in [0.25, 0.3) is 0 Å². The van der Waals surface area contributed by atoms with Gasteiger partial charge in [0.15, 0.2) is 0 Å². The predicted octanol–water partition coefficient (Wildman–Crippen LogP) is -0.899. The molecule has 0 unspecified atom stereocenters. The number of carbonyl (C=O) groups excluding carboxylic acids is 1. The van der Waals surface area contributed by atoms with Crippen LogP contribution in [0.15, 0.2) is 4.79 Å². The van der Waals surface area contributed by atoms with E-state index in [4.69, 9.17) is 0 Å². The molecule has 1 aliphatic heterocycles. The van der Waals surface area contributed by atoms with Gasteiger partial charge in [0.2, 0.25) is 5.95 Å². The molecule has 0 aromatic carbocycles. The van der Waals surface area contributed by atoms with E-state index >= 15 is 0 Å². The molecule has 7 nitrogen and oxygen atoms in total. The maximum Gasteiger partial charge on any atom is 0.255 e. The molecule has 0 saturated heterocycles. The molecule has 1 aliphatic rings. The van der Waals surface area contributed by atoms with Gasteiger partial charge in [-0.05, 0) is 13.3 Å². The van der Waals surface area contributed by atoms with E-state index in [0.717, 1.165) is 0 Å². The van der Waals surface area contributed by atoms with Gasteiger partial charge in [0.1, 0.15) is 6.10 Å². The normalized spacial score (nSPS) is 15.9. The highest BCUT2D eigenvalue weighted by Gasteiger charge is 2.26. The summed E-state index contributed by atoms with van der Waals surface area (Å²) in [6.45, 7) is 2.14. The summed E-state index contributed by atoms with van der Waals surface area (Å²) in [6, 6.07) is 0. The number of nitrogens with zero attached hydrogens (tertiary/aromatic N) is 3. The summed E-state index contributed by atoms with van der Waals surface area (Å²) in [5.41, 5.74) is 1.07. The van der Waals surface area contributed by atoms with Gasteiger partial charge in [0, 0.05) is 26.2 Å². The molecule has 7 heteroatoms. The number of aliphatic hydroxyl groups excluding tert-OH is 1. The Balaban J connectivity index is 2.34. The molecule has 0 bridgehead atoms. The standard InChI is InChI=1S/C12H18N4O3/c1-7(17)11(19)16-5-4-8-9(6-16)13-12(15(2)3)14-10(8)18/h7,17H,4-6H2,1-3H3,(H,13,14,18)/t7-/m0/s1. The third kappa shape index (κ3) is 2.60. The van der Waals surface area contributed by atoms with Crippen LogP contribution in [0.2, 0.25) is 0 Å². The van der Waals surface area contributed by atoms with Crippen molar-refractivity contribution in [3.63, 3.8) is 0 Å². The first-order chi connectivity index (χ1) is 8.90. The van der Waals surface area contributed by atoms with Crippen LogP contribution in [0.1, 0.15) is 18.2 Å². The first-order valence-electron chi connectivity index (χ1n) is 6.16. The largest absolute Gasteiger partial charge is 0.384 e. The van der Waals surface area contributed by atoms with Crippen molar-refractivity contribution in [2.24, 2.45) is 0 Å². The molecule has 19 heavy (non-hydrogen) atoms. The van der Waals surface area contributed by atoms with E-state index in [-0.39, 0.29) is 18.0 Å². The Morgan fingerprint density at radius 3 is 2.79 bits per heavy atom. The number of nitrogens with one attached hydrogen (secondary N) is 1. The number of hydrogen-bond acceptors (Lipinski definition) is 5. The van der Waals surface area contributed by atoms with E-state index in [1.807, 2.05) is 0 Å². The molecule has 2 N–H and O–H groups in total. The minimum absolute atomic E-state index is 0.155. The SMILES string of the molecule is C[C@H](O)C(=O)N1CCc2c(nc(N(C)C)[nH]c2=O)C1. The highest BCUT2D eigenvalue weighted by atomic mass is 16.3. The zero-order valence-electron chi connectivity index (χ0n) is 11.3. The Kier molecular flexibility index (Phi) is 3.57. The molecule has 104 valence electrons. The molecule has 1 atom stereocenters. The first-order valence-corrected chi connectivity index (χ1v) is 6.16. The van der Waals surface area contributed by atoms with Crippen molar-refractivity contribution in [3.8, 4) is 0 Å². The summed E-state index contributed by atoms with van der Waals surface area (Å²) >= 11 is 0. The van der Waals surface area contributed by atoms with Gasteiger partial charge in [-0.1, -0.05) is 0 Å². The summed E-state index contributed by atoms with van der Waals surface area (Å²) in [4.78, 5) is 34.0. The van der Waals surface area contributed by atoms with Crippen molar-refractivity contribution in [1.82, 2.24) is 14.9 Å². The summed E-state index contributed by atoms with van der Waals surface area (Å²) in [5.74, 6) is 0.134. The molecular formula is C12H18N4O3. The third-order valence-corrected chi connectivity index (χ3v) is 3.15. The average Bonchev–Trinajstić information content (AvgIpc) is 2.36. The number of aromatic amines is 1. The van der Waals surface area contributed by atoms with Crippen LogP contribution in [0.3, 0.4) is 0 Å². The van der Waals surface area contributed by atoms with Gasteiger partial charge >= 0.3 is 0 Å². The monoisotopic (exact) mass is 266 g/mol. The number of aliphatic hydroxyl groups is 1. The van der Waals surface area contributed by atoms with Gasteiger partial charge in [-0.15, -0.1) is 0 Å². The molecule has 1 aromatic rings. The minimum Gasteiger partial charge on any atom is -0.384 e. The molecular weight excluding hydrogens is 248 g/mol. The Morgan fingerprint density at radius 1 is 1.53 bits per heavy atom. The van der Waals surface area contributed by atoms with Gasteiger partial charge < -0.3 is 14.9 Å². The zero-order valence-corrected chi connectivity index (χ0v) is 11.3. The second kappa shape index (κ2) is 5.00. The summed E-state index contributed by atoms with van der Waals surface area (Å²) in [5, 5.41) is 9.33. The second-order valence-corrected chi connectivity index (χ2v) is 4.89. The van der Waals surface area contributed by atoms with Gasteiger partial charge in [0.25, 0.3) is 11.5 Å². The van der Waals surface area contributed by atoms with E-state index in [2.05, 4.69) is 9.97 Å². The van der Waals surface area contributed by atoms with Crippen molar-refractivity contribution >= 4 is 11.9 Å². The van der Waals surface area contributed by atoms with Gasteiger partial charge in [0.05, 0.1) is 12.2 Å². The summed E-state index contributed by atoms with van der Waals surface area (Å²) in [6.07, 6.45) is -0.569. The maximum absolute atomic E-state index is 11.9. The highest BCUT2D eigenvalue weighted by Crippen LogP contribution is 2.16. The van der Waals surface area contributed by atoms with E-state index < -0.39 is 6.10 Å². The Labute approximate surface area is 110 Å². The average molecular weight is 266 g/mol. The lowest BCUT2D eigenvalue weighted by molar-refractivity contribution is -0.140. The van der Waals surface area contributed by atoms with Crippen molar-refractivity contribution in [1.29, 1.82) is 0 Å². The Morgan fingerprint density at radius 2 is 2.21 bits per heavy atom. The maximum atomic E-state index is 11.9. The van der Waals surface area contributed by atoms with Gasteiger partial charge in [-0.25, -0.2) is 4.98 Å². The van der Waals surface area contributed by atoms with Gasteiger partial charge in [-0.2, -0.15) is 0 Å². The van der Waals surface area contributed by atoms with Gasteiger partial charge in [-0.3, -0.25) is 14.6 Å². The lowest BCUT2D eigenvalue weighted by Crippen LogP contribution is -2.43. The van der Waals surface area contributed by atoms with E-state index in [1.165, 1.54) is 11.8 Å². The Bertz CT molecular complexity index is 550. The fourth-order valence-electron chi connectivity index (χ4n) is 2.09. The molecule has 0 radical (unpaired) electrons. The smallest absolute Gasteiger partial charge is 0.255 e. The predicted molar refractivity (Wildman–Crippen MR) is 70.0 cm³/mol. The summed E-state index contributed by atoms with van der Waals surface area (Å²) in [7, 11) is 3.57. The number of aromatic nitrogens is 2. The lowest BCUT2D eigenvalue weighted by atomic mass is 10.1. The van der Waals surface area contributed by atoms with Crippen molar-refractivity contribution in [2.75, 3.05) is 25.5 Å². The number of amides is 1. The van der Waals surface area contributed by atoms with Crippen molar-refractivity contribution < 1.29 is 9.90 Å². The van der Waals surface area contributed by atoms with Crippen molar-refractivity contribution in [3.05, 3.63) is 21.6 Å². The van der Waals surface area contributed by atoms with E-state index in [0.29, 0.717) is 30.2 Å². The molecule has 2 rings (SSSR count). The lowest BCUT2D eigenvalue weighted by Gasteiger charge is -2.29.